The molecule has 1 fully saturated rings. The SMILES string of the molecule is C[C@@H]1CN(c2ccc(NC(=O)CSc3cccc[n+]3[O-])cc2F)C[C@H](C)O1. The van der Waals surface area contributed by atoms with E-state index in [2.05, 4.69) is 5.32 Å². The van der Waals surface area contributed by atoms with Gasteiger partial charge in [0.2, 0.25) is 5.91 Å². The second kappa shape index (κ2) is 8.58. The molecule has 27 heavy (non-hydrogen) atoms. The Morgan fingerprint density at radius 2 is 2.07 bits per heavy atom. The van der Waals surface area contributed by atoms with E-state index in [4.69, 9.17) is 4.74 Å². The summed E-state index contributed by atoms with van der Waals surface area (Å²) in [4.78, 5) is 14.0. The molecule has 1 saturated heterocycles. The third-order valence-electron chi connectivity index (χ3n) is 4.13. The number of rotatable bonds is 5. The van der Waals surface area contributed by atoms with Gasteiger partial charge in [0.05, 0.1) is 23.6 Å². The van der Waals surface area contributed by atoms with Gasteiger partial charge < -0.3 is 20.2 Å². The molecule has 1 aromatic heterocycles. The fourth-order valence-corrected chi connectivity index (χ4v) is 3.79. The zero-order valence-electron chi connectivity index (χ0n) is 15.2. The number of carbonyl (C=O) groups is 1. The molecule has 1 aliphatic heterocycles. The van der Waals surface area contributed by atoms with Crippen LogP contribution in [-0.4, -0.2) is 37.0 Å². The van der Waals surface area contributed by atoms with Gasteiger partial charge >= 0.3 is 0 Å². The topological polar surface area (TPSA) is 68.5 Å². The van der Waals surface area contributed by atoms with Crippen molar-refractivity contribution in [3.63, 3.8) is 0 Å². The third kappa shape index (κ3) is 5.11. The first kappa shape index (κ1) is 19.4. The average molecular weight is 391 g/mol. The molecular formula is C19H22FN3O3S. The highest BCUT2D eigenvalue weighted by Crippen LogP contribution is 2.26. The summed E-state index contributed by atoms with van der Waals surface area (Å²) >= 11 is 1.13. The molecular weight excluding hydrogens is 369 g/mol. The number of thioether (sulfide) groups is 1. The molecule has 0 spiro atoms. The molecule has 1 aromatic carbocycles. The average Bonchev–Trinajstić information content (AvgIpc) is 2.60. The van der Waals surface area contributed by atoms with Crippen molar-refractivity contribution in [2.24, 2.45) is 0 Å². The molecule has 6 nitrogen and oxygen atoms in total. The third-order valence-corrected chi connectivity index (χ3v) is 5.15. The van der Waals surface area contributed by atoms with Crippen LogP contribution in [0, 0.1) is 11.0 Å². The summed E-state index contributed by atoms with van der Waals surface area (Å²) in [5.41, 5.74) is 0.889. The summed E-state index contributed by atoms with van der Waals surface area (Å²) in [6.07, 6.45) is 1.44. The number of nitrogens with one attached hydrogen (secondary N) is 1. The van der Waals surface area contributed by atoms with Crippen molar-refractivity contribution in [1.29, 1.82) is 0 Å². The standard InChI is InChI=1S/C19H22FN3O3S/c1-13-10-22(11-14(2)26-13)17-7-6-15(9-16(17)20)21-18(24)12-27-19-5-3-4-8-23(19)25/h3-9,13-14H,10-12H2,1-2H3,(H,21,24)/t13-,14+. The van der Waals surface area contributed by atoms with Crippen molar-refractivity contribution < 1.29 is 18.7 Å². The van der Waals surface area contributed by atoms with Gasteiger partial charge in [-0.05, 0) is 49.9 Å². The maximum Gasteiger partial charge on any atom is 0.251 e. The first-order valence-corrected chi connectivity index (χ1v) is 9.71. The molecule has 1 amide bonds. The van der Waals surface area contributed by atoms with Crippen LogP contribution < -0.4 is 14.9 Å². The minimum atomic E-state index is -0.387. The van der Waals surface area contributed by atoms with Crippen LogP contribution >= 0.6 is 11.8 Å². The molecule has 1 N–H and O–H groups in total. The minimum Gasteiger partial charge on any atom is -0.618 e. The van der Waals surface area contributed by atoms with E-state index < -0.39 is 0 Å². The van der Waals surface area contributed by atoms with Gasteiger partial charge in [-0.15, -0.1) is 0 Å². The molecule has 0 unspecified atom stereocenters. The van der Waals surface area contributed by atoms with E-state index in [1.165, 1.54) is 12.3 Å². The van der Waals surface area contributed by atoms with Gasteiger partial charge in [-0.1, -0.05) is 0 Å². The Balaban J connectivity index is 1.60. The van der Waals surface area contributed by atoms with Gasteiger partial charge in [0, 0.05) is 30.9 Å². The number of pyridine rings is 1. The van der Waals surface area contributed by atoms with Crippen molar-refractivity contribution in [3.05, 3.63) is 53.6 Å². The van der Waals surface area contributed by atoms with E-state index in [-0.39, 0.29) is 29.7 Å². The summed E-state index contributed by atoms with van der Waals surface area (Å²) < 4.78 is 20.9. The predicted molar refractivity (Wildman–Crippen MR) is 103 cm³/mol. The van der Waals surface area contributed by atoms with Gasteiger partial charge in [-0.3, -0.25) is 4.79 Å². The quantitative estimate of drug-likeness (QED) is 0.482. The van der Waals surface area contributed by atoms with Gasteiger partial charge in [0.25, 0.3) is 5.03 Å². The Morgan fingerprint density at radius 3 is 2.74 bits per heavy atom. The fraction of sp³-hybridized carbons (Fsp3) is 0.368. The lowest BCUT2D eigenvalue weighted by molar-refractivity contribution is -0.645. The van der Waals surface area contributed by atoms with Crippen LogP contribution in [0.15, 0.2) is 47.6 Å². The maximum absolute atomic E-state index is 14.6. The number of amides is 1. The van der Waals surface area contributed by atoms with Crippen molar-refractivity contribution in [3.8, 4) is 0 Å². The summed E-state index contributed by atoms with van der Waals surface area (Å²) in [5, 5.41) is 14.7. The molecule has 0 bridgehead atoms. The monoisotopic (exact) mass is 391 g/mol. The summed E-state index contributed by atoms with van der Waals surface area (Å²) in [6.45, 7) is 5.17. The number of hydrogen-bond donors (Lipinski definition) is 1. The van der Waals surface area contributed by atoms with E-state index in [1.54, 1.807) is 30.3 Å². The van der Waals surface area contributed by atoms with Crippen LogP contribution in [0.3, 0.4) is 0 Å². The maximum atomic E-state index is 14.6. The minimum absolute atomic E-state index is 0.0336. The lowest BCUT2D eigenvalue weighted by atomic mass is 10.2. The van der Waals surface area contributed by atoms with Crippen LogP contribution in [-0.2, 0) is 9.53 Å². The van der Waals surface area contributed by atoms with E-state index >= 15 is 0 Å². The Bertz CT molecular complexity index is 811. The first-order chi connectivity index (χ1) is 12.9. The summed E-state index contributed by atoms with van der Waals surface area (Å²) in [6, 6.07) is 9.67. The number of carbonyl (C=O) groups excluding carboxylic acids is 1. The molecule has 2 aromatic rings. The molecule has 2 atom stereocenters. The molecule has 3 rings (SSSR count). The Hall–Kier alpha value is -2.32. The first-order valence-electron chi connectivity index (χ1n) is 8.73. The normalized spacial score (nSPS) is 19.7. The van der Waals surface area contributed by atoms with E-state index in [1.807, 2.05) is 18.7 Å². The molecule has 144 valence electrons. The molecule has 0 aliphatic carbocycles. The van der Waals surface area contributed by atoms with Crippen molar-refractivity contribution in [2.45, 2.75) is 31.1 Å². The number of morpholine rings is 1. The van der Waals surface area contributed by atoms with E-state index in [0.29, 0.717) is 34.2 Å². The largest absolute Gasteiger partial charge is 0.618 e. The zero-order chi connectivity index (χ0) is 19.4. The van der Waals surface area contributed by atoms with Crippen LogP contribution in [0.2, 0.25) is 0 Å². The second-order valence-electron chi connectivity index (χ2n) is 6.53. The second-order valence-corrected chi connectivity index (χ2v) is 7.53. The number of benzene rings is 1. The van der Waals surface area contributed by atoms with Crippen molar-refractivity contribution in [2.75, 3.05) is 29.1 Å². The number of halogens is 1. The molecule has 8 heteroatoms. The van der Waals surface area contributed by atoms with E-state index in [9.17, 15) is 14.4 Å². The number of anilines is 2. The molecule has 2 heterocycles. The highest BCUT2D eigenvalue weighted by Gasteiger charge is 2.24. The van der Waals surface area contributed by atoms with Crippen LogP contribution in [0.4, 0.5) is 15.8 Å². The number of nitrogens with zero attached hydrogens (tertiary/aromatic N) is 2. The fourth-order valence-electron chi connectivity index (χ4n) is 3.08. The van der Waals surface area contributed by atoms with Crippen LogP contribution in [0.1, 0.15) is 13.8 Å². The van der Waals surface area contributed by atoms with Gasteiger partial charge in [-0.25, -0.2) is 4.39 Å². The van der Waals surface area contributed by atoms with Crippen molar-refractivity contribution >= 4 is 29.0 Å². The smallest absolute Gasteiger partial charge is 0.251 e. The Kier molecular flexibility index (Phi) is 6.18. The van der Waals surface area contributed by atoms with Gasteiger partial charge in [-0.2, -0.15) is 4.73 Å². The zero-order valence-corrected chi connectivity index (χ0v) is 16.0. The molecule has 0 radical (unpaired) electrons. The highest BCUT2D eigenvalue weighted by molar-refractivity contribution is 7.99. The number of aromatic nitrogens is 1. The molecule has 0 saturated carbocycles. The summed E-state index contributed by atoms with van der Waals surface area (Å²) in [7, 11) is 0. The van der Waals surface area contributed by atoms with Gasteiger partial charge in [0.15, 0.2) is 6.20 Å². The van der Waals surface area contributed by atoms with E-state index in [0.717, 1.165) is 11.8 Å². The number of hydrogen-bond acceptors (Lipinski definition) is 5. The molecule has 1 aliphatic rings. The van der Waals surface area contributed by atoms with Gasteiger partial charge in [0.1, 0.15) is 5.82 Å². The number of ether oxygens (including phenoxy) is 1. The van der Waals surface area contributed by atoms with Crippen molar-refractivity contribution in [1.82, 2.24) is 0 Å². The lowest BCUT2D eigenvalue weighted by Gasteiger charge is -2.37. The summed E-state index contributed by atoms with van der Waals surface area (Å²) in [5.74, 6) is -0.625. The Morgan fingerprint density at radius 1 is 1.33 bits per heavy atom. The van der Waals surface area contributed by atoms with Crippen LogP contribution in [0.5, 0.6) is 0 Å². The lowest BCUT2D eigenvalue weighted by Crippen LogP contribution is -2.45. The van der Waals surface area contributed by atoms with Crippen LogP contribution in [0.25, 0.3) is 0 Å². The Labute approximate surface area is 161 Å². The highest BCUT2D eigenvalue weighted by atomic mass is 32.2. The predicted octanol–water partition coefficient (Wildman–Crippen LogP) is 2.80.